The van der Waals surface area contributed by atoms with Crippen molar-refractivity contribution in [3.05, 3.63) is 75.7 Å². The summed E-state index contributed by atoms with van der Waals surface area (Å²) in [7, 11) is 0. The van der Waals surface area contributed by atoms with Crippen LogP contribution in [0.2, 0.25) is 0 Å². The molecule has 0 radical (unpaired) electrons. The third-order valence-electron chi connectivity index (χ3n) is 5.46. The van der Waals surface area contributed by atoms with Gasteiger partial charge in [0.05, 0.1) is 5.01 Å². The van der Waals surface area contributed by atoms with E-state index in [2.05, 4.69) is 34.6 Å². The number of hydrogen-bond acceptors (Lipinski definition) is 5. The molecule has 2 aromatic carbocycles. The normalized spacial score (nSPS) is 13.3. The van der Waals surface area contributed by atoms with Gasteiger partial charge in [-0.3, -0.25) is 4.79 Å². The summed E-state index contributed by atoms with van der Waals surface area (Å²) >= 11 is 1.51. The molecule has 1 aliphatic rings. The second kappa shape index (κ2) is 9.31. The van der Waals surface area contributed by atoms with Crippen LogP contribution in [0.3, 0.4) is 0 Å². The lowest BCUT2D eigenvalue weighted by atomic mass is 9.98. The Morgan fingerprint density at radius 3 is 2.35 bits per heavy atom. The van der Waals surface area contributed by atoms with Gasteiger partial charge in [0.15, 0.2) is 0 Å². The molecule has 0 bridgehead atoms. The van der Waals surface area contributed by atoms with E-state index >= 15 is 0 Å². The minimum atomic E-state index is -0.894. The second-order valence-electron chi connectivity index (χ2n) is 7.69. The fourth-order valence-corrected chi connectivity index (χ4v) is 4.89. The first-order valence-corrected chi connectivity index (χ1v) is 11.1. The van der Waals surface area contributed by atoms with E-state index in [1.54, 1.807) is 0 Å². The standard InChI is InChI=1S/C24H24N2O4S/c1-15-14-31-22(25-15)12-16(10-11-23(27)28)26-24(29)30-13-21-19-8-4-2-6-17(19)18-7-3-5-9-20(18)21/h2-9,14,16,21H,10-13H2,1H3,(H,26,29)(H,27,28). The lowest BCUT2D eigenvalue weighted by molar-refractivity contribution is -0.137. The Bertz CT molecular complexity index is 1050. The lowest BCUT2D eigenvalue weighted by Crippen LogP contribution is -2.37. The van der Waals surface area contributed by atoms with E-state index in [1.165, 1.54) is 22.5 Å². The first-order chi connectivity index (χ1) is 15.0. The maximum atomic E-state index is 12.6. The third kappa shape index (κ3) is 4.94. The Balaban J connectivity index is 1.41. The number of alkyl carbamates (subject to hydrolysis) is 1. The van der Waals surface area contributed by atoms with Crippen LogP contribution in [0.5, 0.6) is 0 Å². The van der Waals surface area contributed by atoms with Gasteiger partial charge in [0, 0.05) is 35.9 Å². The average molecular weight is 437 g/mol. The molecule has 3 aromatic rings. The maximum absolute atomic E-state index is 12.6. The van der Waals surface area contributed by atoms with Gasteiger partial charge >= 0.3 is 12.1 Å². The molecule has 1 aliphatic carbocycles. The highest BCUT2D eigenvalue weighted by Crippen LogP contribution is 2.44. The van der Waals surface area contributed by atoms with Gasteiger partial charge in [-0.05, 0) is 35.6 Å². The van der Waals surface area contributed by atoms with E-state index in [1.807, 2.05) is 36.6 Å². The van der Waals surface area contributed by atoms with E-state index in [0.717, 1.165) is 21.8 Å². The number of ether oxygens (including phenoxy) is 1. The molecule has 0 fully saturated rings. The number of carboxylic acids is 1. The van der Waals surface area contributed by atoms with Crippen molar-refractivity contribution in [2.24, 2.45) is 0 Å². The quantitative estimate of drug-likeness (QED) is 0.531. The van der Waals surface area contributed by atoms with Crippen molar-refractivity contribution >= 4 is 23.4 Å². The Labute approximate surface area is 184 Å². The summed E-state index contributed by atoms with van der Waals surface area (Å²) in [5, 5.41) is 14.7. The number of benzene rings is 2. The molecule has 1 aromatic heterocycles. The van der Waals surface area contributed by atoms with E-state index in [4.69, 9.17) is 9.84 Å². The van der Waals surface area contributed by atoms with Gasteiger partial charge in [0.1, 0.15) is 6.61 Å². The highest BCUT2D eigenvalue weighted by atomic mass is 32.1. The number of aryl methyl sites for hydroxylation is 1. The summed E-state index contributed by atoms with van der Waals surface area (Å²) in [6.07, 6.45) is 0.234. The molecule has 2 N–H and O–H groups in total. The van der Waals surface area contributed by atoms with Crippen molar-refractivity contribution in [1.29, 1.82) is 0 Å². The smallest absolute Gasteiger partial charge is 0.407 e. The van der Waals surface area contributed by atoms with Crippen LogP contribution in [0.25, 0.3) is 11.1 Å². The van der Waals surface area contributed by atoms with Gasteiger partial charge in [-0.1, -0.05) is 48.5 Å². The van der Waals surface area contributed by atoms with Gasteiger partial charge in [-0.2, -0.15) is 0 Å². The van der Waals surface area contributed by atoms with Gasteiger partial charge in [-0.25, -0.2) is 9.78 Å². The van der Waals surface area contributed by atoms with Crippen molar-refractivity contribution in [2.75, 3.05) is 6.61 Å². The van der Waals surface area contributed by atoms with Gasteiger partial charge in [-0.15, -0.1) is 11.3 Å². The molecular formula is C24H24N2O4S. The number of carbonyl (C=O) groups excluding carboxylic acids is 1. The summed E-state index contributed by atoms with van der Waals surface area (Å²) in [4.78, 5) is 28.0. The van der Waals surface area contributed by atoms with Crippen molar-refractivity contribution in [2.45, 2.75) is 38.1 Å². The van der Waals surface area contributed by atoms with Gasteiger partial charge in [0.2, 0.25) is 0 Å². The summed E-state index contributed by atoms with van der Waals surface area (Å²) in [5.41, 5.74) is 5.56. The van der Waals surface area contributed by atoms with E-state index in [9.17, 15) is 9.59 Å². The molecule has 1 unspecified atom stereocenters. The van der Waals surface area contributed by atoms with Crippen LogP contribution in [0.1, 0.15) is 40.6 Å². The molecule has 0 spiro atoms. The summed E-state index contributed by atoms with van der Waals surface area (Å²) < 4.78 is 5.61. The summed E-state index contributed by atoms with van der Waals surface area (Å²) in [6.45, 7) is 2.13. The largest absolute Gasteiger partial charge is 0.481 e. The average Bonchev–Trinajstić information content (AvgIpc) is 3.31. The fourth-order valence-electron chi connectivity index (χ4n) is 4.04. The van der Waals surface area contributed by atoms with E-state index < -0.39 is 12.1 Å². The van der Waals surface area contributed by atoms with Crippen LogP contribution in [0.4, 0.5) is 4.79 Å². The molecular weight excluding hydrogens is 412 g/mol. The third-order valence-corrected chi connectivity index (χ3v) is 6.45. The number of thiazole rings is 1. The Morgan fingerprint density at radius 2 is 1.77 bits per heavy atom. The Kier molecular flexibility index (Phi) is 6.32. The Morgan fingerprint density at radius 1 is 1.13 bits per heavy atom. The Hall–Kier alpha value is -3.19. The topological polar surface area (TPSA) is 88.5 Å². The molecule has 1 heterocycles. The molecule has 0 saturated carbocycles. The molecule has 0 aliphatic heterocycles. The molecule has 31 heavy (non-hydrogen) atoms. The highest BCUT2D eigenvalue weighted by Gasteiger charge is 2.29. The lowest BCUT2D eigenvalue weighted by Gasteiger charge is -2.19. The van der Waals surface area contributed by atoms with Gasteiger partial charge in [0.25, 0.3) is 0 Å². The van der Waals surface area contributed by atoms with Crippen LogP contribution in [0.15, 0.2) is 53.9 Å². The van der Waals surface area contributed by atoms with Crippen LogP contribution in [0, 0.1) is 6.92 Å². The van der Waals surface area contributed by atoms with E-state index in [0.29, 0.717) is 12.8 Å². The number of aliphatic carboxylic acids is 1. The number of nitrogens with one attached hydrogen (secondary N) is 1. The molecule has 4 rings (SSSR count). The zero-order valence-corrected chi connectivity index (χ0v) is 18.0. The number of carbonyl (C=O) groups is 2. The molecule has 1 atom stereocenters. The van der Waals surface area contributed by atoms with Crippen LogP contribution in [-0.4, -0.2) is 34.8 Å². The van der Waals surface area contributed by atoms with Crippen LogP contribution >= 0.6 is 11.3 Å². The van der Waals surface area contributed by atoms with E-state index in [-0.39, 0.29) is 25.0 Å². The predicted octanol–water partition coefficient (Wildman–Crippen LogP) is 4.77. The number of carboxylic acid groups (broad SMARTS) is 1. The number of fused-ring (bicyclic) bond motifs is 3. The predicted molar refractivity (Wildman–Crippen MR) is 119 cm³/mol. The van der Waals surface area contributed by atoms with Crippen molar-refractivity contribution < 1.29 is 19.4 Å². The second-order valence-corrected chi connectivity index (χ2v) is 8.63. The number of rotatable bonds is 8. The number of amides is 1. The molecule has 0 saturated heterocycles. The molecule has 6 nitrogen and oxygen atoms in total. The zero-order chi connectivity index (χ0) is 21.8. The first-order valence-electron chi connectivity index (χ1n) is 10.3. The molecule has 7 heteroatoms. The molecule has 160 valence electrons. The summed E-state index contributed by atoms with van der Waals surface area (Å²) in [6, 6.07) is 16.0. The van der Waals surface area contributed by atoms with Crippen LogP contribution < -0.4 is 5.32 Å². The number of hydrogen-bond donors (Lipinski definition) is 2. The van der Waals surface area contributed by atoms with Crippen LogP contribution in [-0.2, 0) is 16.0 Å². The number of aromatic nitrogens is 1. The SMILES string of the molecule is Cc1csc(CC(CCC(=O)O)NC(=O)OCC2c3ccccc3-c3ccccc32)n1. The van der Waals surface area contributed by atoms with Crippen molar-refractivity contribution in [3.8, 4) is 11.1 Å². The minimum absolute atomic E-state index is 0.0165. The fraction of sp³-hybridized carbons (Fsp3) is 0.292. The monoisotopic (exact) mass is 436 g/mol. The zero-order valence-electron chi connectivity index (χ0n) is 17.2. The van der Waals surface area contributed by atoms with Crippen molar-refractivity contribution in [3.63, 3.8) is 0 Å². The summed E-state index contributed by atoms with van der Waals surface area (Å²) in [5.74, 6) is -0.910. The number of nitrogens with zero attached hydrogens (tertiary/aromatic N) is 1. The maximum Gasteiger partial charge on any atom is 0.407 e. The van der Waals surface area contributed by atoms with Crippen molar-refractivity contribution in [1.82, 2.24) is 10.3 Å². The highest BCUT2D eigenvalue weighted by molar-refractivity contribution is 7.09. The van der Waals surface area contributed by atoms with Gasteiger partial charge < -0.3 is 15.2 Å². The first kappa shape index (κ1) is 21.1. The molecule has 1 amide bonds. The minimum Gasteiger partial charge on any atom is -0.481 e.